The highest BCUT2D eigenvalue weighted by molar-refractivity contribution is 5.95. The van der Waals surface area contributed by atoms with Crippen molar-refractivity contribution in [1.29, 1.82) is 0 Å². The van der Waals surface area contributed by atoms with Crippen LogP contribution in [0.15, 0.2) is 12.1 Å². The van der Waals surface area contributed by atoms with Crippen LogP contribution in [0.2, 0.25) is 0 Å². The second-order valence-electron chi connectivity index (χ2n) is 6.56. The van der Waals surface area contributed by atoms with Crippen LogP contribution in [0.25, 0.3) is 0 Å². The van der Waals surface area contributed by atoms with Gasteiger partial charge in [0.25, 0.3) is 5.91 Å². The second kappa shape index (κ2) is 5.43. The molecule has 4 nitrogen and oxygen atoms in total. The Morgan fingerprint density at radius 3 is 2.50 bits per heavy atom. The molecule has 1 aliphatic carbocycles. The summed E-state index contributed by atoms with van der Waals surface area (Å²) in [6.07, 6.45) is 2.42. The van der Waals surface area contributed by atoms with Crippen LogP contribution in [-0.4, -0.2) is 17.4 Å². The van der Waals surface area contributed by atoms with E-state index in [-0.39, 0.29) is 11.8 Å². The summed E-state index contributed by atoms with van der Waals surface area (Å²) < 4.78 is 0. The van der Waals surface area contributed by atoms with Gasteiger partial charge in [-0.2, -0.15) is 0 Å². The number of rotatable bonds is 5. The Bertz CT molecular complexity index is 504. The van der Waals surface area contributed by atoms with Crippen LogP contribution in [0.5, 0.6) is 0 Å². The van der Waals surface area contributed by atoms with E-state index in [2.05, 4.69) is 24.1 Å². The molecule has 0 atom stereocenters. The van der Waals surface area contributed by atoms with Crippen molar-refractivity contribution in [3.8, 4) is 0 Å². The second-order valence-corrected chi connectivity index (χ2v) is 6.56. The summed E-state index contributed by atoms with van der Waals surface area (Å²) in [5.74, 6) is 1.23. The molecule has 0 saturated heterocycles. The van der Waals surface area contributed by atoms with Gasteiger partial charge in [0.15, 0.2) is 0 Å². The van der Waals surface area contributed by atoms with E-state index in [4.69, 9.17) is 5.73 Å². The largest absolute Gasteiger partial charge is 0.384 e. The zero-order valence-corrected chi connectivity index (χ0v) is 12.9. The van der Waals surface area contributed by atoms with Gasteiger partial charge in [-0.05, 0) is 42.2 Å². The van der Waals surface area contributed by atoms with Crippen LogP contribution in [0.3, 0.4) is 0 Å². The molecule has 0 aromatic carbocycles. The maximum absolute atomic E-state index is 12.3. The number of hydrogen-bond donors (Lipinski definition) is 2. The fourth-order valence-electron chi connectivity index (χ4n) is 2.48. The first kappa shape index (κ1) is 14.8. The molecule has 3 N–H and O–H groups in total. The molecule has 0 unspecified atom stereocenters. The van der Waals surface area contributed by atoms with E-state index in [9.17, 15) is 4.79 Å². The van der Waals surface area contributed by atoms with Gasteiger partial charge in [0, 0.05) is 17.8 Å². The van der Waals surface area contributed by atoms with Crippen molar-refractivity contribution in [2.75, 3.05) is 12.3 Å². The molecule has 0 spiro atoms. The Labute approximate surface area is 121 Å². The summed E-state index contributed by atoms with van der Waals surface area (Å²) in [6.45, 7) is 9.28. The maximum Gasteiger partial charge on any atom is 0.251 e. The number of aromatic nitrogens is 1. The first-order valence-corrected chi connectivity index (χ1v) is 7.40. The van der Waals surface area contributed by atoms with Gasteiger partial charge in [-0.25, -0.2) is 4.98 Å². The zero-order chi connectivity index (χ0) is 14.9. The topological polar surface area (TPSA) is 68.0 Å². The third-order valence-corrected chi connectivity index (χ3v) is 4.44. The fraction of sp³-hybridized carbons (Fsp3) is 0.625. The molecule has 0 aliphatic heterocycles. The summed E-state index contributed by atoms with van der Waals surface area (Å²) in [5.41, 5.74) is 7.57. The lowest BCUT2D eigenvalue weighted by Crippen LogP contribution is -2.32. The van der Waals surface area contributed by atoms with Crippen molar-refractivity contribution < 1.29 is 4.79 Å². The molecule has 0 radical (unpaired) electrons. The van der Waals surface area contributed by atoms with Gasteiger partial charge in [-0.15, -0.1) is 0 Å². The van der Waals surface area contributed by atoms with Crippen LogP contribution >= 0.6 is 0 Å². The predicted octanol–water partition coefficient (Wildman–Crippen LogP) is 2.95. The molecule has 110 valence electrons. The van der Waals surface area contributed by atoms with E-state index < -0.39 is 0 Å². The minimum atomic E-state index is -0.0482. The monoisotopic (exact) mass is 275 g/mol. The van der Waals surface area contributed by atoms with Gasteiger partial charge in [0.05, 0.1) is 0 Å². The molecule has 1 aliphatic rings. The normalized spacial score (nSPS) is 16.5. The molecular weight excluding hydrogens is 250 g/mol. The van der Waals surface area contributed by atoms with Gasteiger partial charge in [-0.3, -0.25) is 4.79 Å². The van der Waals surface area contributed by atoms with E-state index in [1.165, 1.54) is 12.8 Å². The Balaban J connectivity index is 2.06. The molecule has 1 aromatic rings. The molecule has 2 rings (SSSR count). The van der Waals surface area contributed by atoms with Crippen LogP contribution in [0.1, 0.15) is 62.5 Å². The predicted molar refractivity (Wildman–Crippen MR) is 81.6 cm³/mol. The Hall–Kier alpha value is -1.58. The Kier molecular flexibility index (Phi) is 4.02. The average molecular weight is 275 g/mol. The van der Waals surface area contributed by atoms with Gasteiger partial charge in [-0.1, -0.05) is 27.7 Å². The highest BCUT2D eigenvalue weighted by Gasteiger charge is 2.45. The van der Waals surface area contributed by atoms with Gasteiger partial charge in [0.1, 0.15) is 5.82 Å². The Morgan fingerprint density at radius 2 is 2.00 bits per heavy atom. The summed E-state index contributed by atoms with van der Waals surface area (Å²) in [6, 6.07) is 3.49. The molecule has 1 saturated carbocycles. The Morgan fingerprint density at radius 1 is 1.35 bits per heavy atom. The van der Waals surface area contributed by atoms with E-state index >= 15 is 0 Å². The first-order valence-electron chi connectivity index (χ1n) is 7.40. The van der Waals surface area contributed by atoms with Gasteiger partial charge >= 0.3 is 0 Å². The lowest BCUT2D eigenvalue weighted by molar-refractivity contribution is 0.0939. The number of anilines is 1. The molecule has 20 heavy (non-hydrogen) atoms. The van der Waals surface area contributed by atoms with E-state index in [1.807, 2.05) is 19.9 Å². The summed E-state index contributed by atoms with van der Waals surface area (Å²) in [5, 5.41) is 3.05. The third kappa shape index (κ3) is 3.11. The smallest absolute Gasteiger partial charge is 0.251 e. The lowest BCUT2D eigenvalue weighted by atomic mass is 9.92. The van der Waals surface area contributed by atoms with Crippen molar-refractivity contribution in [3.05, 3.63) is 23.4 Å². The fourth-order valence-corrected chi connectivity index (χ4v) is 2.48. The number of nitrogens with one attached hydrogen (secondary N) is 1. The maximum atomic E-state index is 12.3. The van der Waals surface area contributed by atoms with Crippen molar-refractivity contribution in [2.45, 2.75) is 46.5 Å². The quantitative estimate of drug-likeness (QED) is 0.868. The van der Waals surface area contributed by atoms with Crippen molar-refractivity contribution >= 4 is 11.7 Å². The molecule has 1 aromatic heterocycles. The van der Waals surface area contributed by atoms with Crippen LogP contribution in [0.4, 0.5) is 5.82 Å². The average Bonchev–Trinajstić information content (AvgIpc) is 3.16. The number of hydrogen-bond acceptors (Lipinski definition) is 3. The number of nitrogens with zero attached hydrogens (tertiary/aromatic N) is 1. The third-order valence-electron chi connectivity index (χ3n) is 4.44. The van der Waals surface area contributed by atoms with E-state index in [1.54, 1.807) is 6.07 Å². The minimum Gasteiger partial charge on any atom is -0.384 e. The highest BCUT2D eigenvalue weighted by Crippen LogP contribution is 2.51. The number of nitrogen functional groups attached to an aromatic ring is 1. The lowest BCUT2D eigenvalue weighted by Gasteiger charge is -2.20. The summed E-state index contributed by atoms with van der Waals surface area (Å²) in [4.78, 5) is 16.5. The number of carbonyl (C=O) groups is 1. The van der Waals surface area contributed by atoms with Gasteiger partial charge < -0.3 is 11.1 Å². The van der Waals surface area contributed by atoms with Crippen LogP contribution in [0, 0.1) is 11.3 Å². The SMILES string of the molecule is CC(C)c1cc(C(=O)NCC2(C(C)C)CC2)cc(N)n1. The molecule has 1 amide bonds. The molecule has 0 bridgehead atoms. The van der Waals surface area contributed by atoms with Crippen LogP contribution in [-0.2, 0) is 0 Å². The first-order chi connectivity index (χ1) is 9.34. The van der Waals surface area contributed by atoms with Crippen molar-refractivity contribution in [3.63, 3.8) is 0 Å². The van der Waals surface area contributed by atoms with Gasteiger partial charge in [0.2, 0.25) is 0 Å². The molecule has 4 heteroatoms. The van der Waals surface area contributed by atoms with E-state index in [0.29, 0.717) is 22.7 Å². The zero-order valence-electron chi connectivity index (χ0n) is 12.9. The summed E-state index contributed by atoms with van der Waals surface area (Å²) in [7, 11) is 0. The van der Waals surface area contributed by atoms with Crippen LogP contribution < -0.4 is 11.1 Å². The number of pyridine rings is 1. The number of nitrogens with two attached hydrogens (primary N) is 1. The molecule has 1 fully saturated rings. The minimum absolute atomic E-state index is 0.0482. The number of amides is 1. The number of carbonyl (C=O) groups excluding carboxylic acids is 1. The highest BCUT2D eigenvalue weighted by atomic mass is 16.1. The molecular formula is C16H25N3O. The van der Waals surface area contributed by atoms with Crippen molar-refractivity contribution in [2.24, 2.45) is 11.3 Å². The molecule has 1 heterocycles. The standard InChI is InChI=1S/C16H25N3O/c1-10(2)13-7-12(8-14(17)19-13)15(20)18-9-16(5-6-16)11(3)4/h7-8,10-11H,5-6,9H2,1-4H3,(H2,17,19)(H,18,20). The van der Waals surface area contributed by atoms with E-state index in [0.717, 1.165) is 12.2 Å². The summed E-state index contributed by atoms with van der Waals surface area (Å²) >= 11 is 0. The van der Waals surface area contributed by atoms with Crippen molar-refractivity contribution in [1.82, 2.24) is 10.3 Å².